The van der Waals surface area contributed by atoms with Crippen LogP contribution in [0.25, 0.3) is 11.3 Å². The molecule has 29 heavy (non-hydrogen) atoms. The number of hydrogen-bond acceptors (Lipinski definition) is 3. The van der Waals surface area contributed by atoms with E-state index in [1.807, 2.05) is 66.5 Å². The number of likely N-dealkylation sites (tertiary alicyclic amines) is 1. The number of nitrogens with zero attached hydrogens (tertiary/aromatic N) is 3. The standard InChI is InChI=1S/C23H24ClN3O2/c1-26-15-20(22(25-26)19-11-5-6-12-21(19)24)23(28)27-13-7-8-17(14-27)16-29-18-9-3-2-4-10-18/h2-6,9-12,15,17H,7-8,13-14,16H2,1H3. The molecule has 0 radical (unpaired) electrons. The van der Waals surface area contributed by atoms with E-state index in [-0.39, 0.29) is 5.91 Å². The van der Waals surface area contributed by atoms with E-state index in [4.69, 9.17) is 16.3 Å². The maximum atomic E-state index is 13.3. The molecule has 0 bridgehead atoms. The van der Waals surface area contributed by atoms with Crippen LogP contribution in [0.5, 0.6) is 5.75 Å². The van der Waals surface area contributed by atoms with Crippen molar-refractivity contribution in [1.29, 1.82) is 0 Å². The van der Waals surface area contributed by atoms with Gasteiger partial charge in [0.25, 0.3) is 5.91 Å². The lowest BCUT2D eigenvalue weighted by Gasteiger charge is -2.32. The van der Waals surface area contributed by atoms with Gasteiger partial charge in [-0.05, 0) is 31.0 Å². The van der Waals surface area contributed by atoms with Gasteiger partial charge in [-0.15, -0.1) is 0 Å². The highest BCUT2D eigenvalue weighted by molar-refractivity contribution is 6.33. The molecule has 1 atom stereocenters. The monoisotopic (exact) mass is 409 g/mol. The van der Waals surface area contributed by atoms with E-state index in [1.54, 1.807) is 10.9 Å². The van der Waals surface area contributed by atoms with Gasteiger partial charge in [-0.25, -0.2) is 0 Å². The van der Waals surface area contributed by atoms with Crippen LogP contribution >= 0.6 is 11.6 Å². The first kappa shape index (κ1) is 19.5. The van der Waals surface area contributed by atoms with Gasteiger partial charge in [0.2, 0.25) is 0 Å². The van der Waals surface area contributed by atoms with Crippen molar-refractivity contribution in [3.8, 4) is 17.0 Å². The third-order valence-corrected chi connectivity index (χ3v) is 5.55. The molecule has 2 heterocycles. The number of para-hydroxylation sites is 1. The molecule has 1 amide bonds. The first-order valence-corrected chi connectivity index (χ1v) is 10.3. The summed E-state index contributed by atoms with van der Waals surface area (Å²) >= 11 is 6.36. The quantitative estimate of drug-likeness (QED) is 0.615. The van der Waals surface area contributed by atoms with Crippen molar-refractivity contribution in [2.45, 2.75) is 12.8 Å². The lowest BCUT2D eigenvalue weighted by Crippen LogP contribution is -2.41. The average Bonchev–Trinajstić information content (AvgIpc) is 3.14. The van der Waals surface area contributed by atoms with E-state index in [0.717, 1.165) is 30.7 Å². The number of hydrogen-bond donors (Lipinski definition) is 0. The third kappa shape index (κ3) is 4.46. The number of carbonyl (C=O) groups is 1. The topological polar surface area (TPSA) is 47.4 Å². The first-order valence-electron chi connectivity index (χ1n) is 9.87. The van der Waals surface area contributed by atoms with Crippen molar-refractivity contribution in [1.82, 2.24) is 14.7 Å². The van der Waals surface area contributed by atoms with Crippen molar-refractivity contribution in [3.63, 3.8) is 0 Å². The molecule has 1 aliphatic rings. The fourth-order valence-corrected chi connectivity index (χ4v) is 4.01. The largest absolute Gasteiger partial charge is 0.493 e. The Morgan fingerprint density at radius 3 is 2.72 bits per heavy atom. The van der Waals surface area contributed by atoms with Crippen LogP contribution in [0, 0.1) is 5.92 Å². The van der Waals surface area contributed by atoms with Crippen molar-refractivity contribution in [3.05, 3.63) is 71.4 Å². The molecule has 6 heteroatoms. The summed E-state index contributed by atoms with van der Waals surface area (Å²) < 4.78 is 7.59. The number of piperidine rings is 1. The van der Waals surface area contributed by atoms with Gasteiger partial charge in [-0.1, -0.05) is 48.0 Å². The van der Waals surface area contributed by atoms with Crippen LogP contribution in [-0.2, 0) is 7.05 Å². The van der Waals surface area contributed by atoms with Gasteiger partial charge in [-0.3, -0.25) is 9.48 Å². The number of amides is 1. The summed E-state index contributed by atoms with van der Waals surface area (Å²) in [5.41, 5.74) is 2.00. The Morgan fingerprint density at radius 1 is 1.17 bits per heavy atom. The number of rotatable bonds is 5. The van der Waals surface area contributed by atoms with Gasteiger partial charge in [0.1, 0.15) is 11.4 Å². The number of carbonyl (C=O) groups excluding carboxylic acids is 1. The van der Waals surface area contributed by atoms with E-state index in [2.05, 4.69) is 5.10 Å². The summed E-state index contributed by atoms with van der Waals surface area (Å²) in [5.74, 6) is 1.18. The van der Waals surface area contributed by atoms with Crippen LogP contribution in [0.1, 0.15) is 23.2 Å². The Labute approximate surface area is 175 Å². The second-order valence-electron chi connectivity index (χ2n) is 7.43. The Morgan fingerprint density at radius 2 is 1.93 bits per heavy atom. The van der Waals surface area contributed by atoms with Crippen LogP contribution in [0.15, 0.2) is 60.8 Å². The Bertz CT molecular complexity index is 987. The number of halogens is 1. The minimum Gasteiger partial charge on any atom is -0.493 e. The van der Waals surface area contributed by atoms with Crippen molar-refractivity contribution < 1.29 is 9.53 Å². The number of ether oxygens (including phenoxy) is 1. The molecule has 150 valence electrons. The Balaban J connectivity index is 1.49. The zero-order chi connectivity index (χ0) is 20.2. The molecule has 0 N–H and O–H groups in total. The summed E-state index contributed by atoms with van der Waals surface area (Å²) in [6.45, 7) is 2.04. The van der Waals surface area contributed by atoms with E-state index < -0.39 is 0 Å². The van der Waals surface area contributed by atoms with Gasteiger partial charge < -0.3 is 9.64 Å². The van der Waals surface area contributed by atoms with E-state index in [9.17, 15) is 4.79 Å². The minimum absolute atomic E-state index is 0.00238. The molecular weight excluding hydrogens is 386 g/mol. The Kier molecular flexibility index (Phi) is 5.86. The van der Waals surface area contributed by atoms with Gasteiger partial charge >= 0.3 is 0 Å². The first-order chi connectivity index (χ1) is 14.1. The molecule has 1 unspecified atom stereocenters. The molecule has 1 aliphatic heterocycles. The van der Waals surface area contributed by atoms with Gasteiger partial charge in [0.15, 0.2) is 0 Å². The fourth-order valence-electron chi connectivity index (χ4n) is 3.78. The van der Waals surface area contributed by atoms with Crippen molar-refractivity contribution in [2.24, 2.45) is 13.0 Å². The van der Waals surface area contributed by atoms with Crippen LogP contribution in [-0.4, -0.2) is 40.3 Å². The zero-order valence-corrected chi connectivity index (χ0v) is 17.2. The molecule has 0 saturated carbocycles. The number of aromatic nitrogens is 2. The molecule has 0 spiro atoms. The van der Waals surface area contributed by atoms with Crippen LogP contribution < -0.4 is 4.74 Å². The normalized spacial score (nSPS) is 16.6. The van der Waals surface area contributed by atoms with E-state index in [0.29, 0.717) is 35.3 Å². The summed E-state index contributed by atoms with van der Waals surface area (Å²) in [4.78, 5) is 15.2. The molecule has 4 rings (SSSR count). The molecule has 1 aromatic heterocycles. The summed E-state index contributed by atoms with van der Waals surface area (Å²) in [5, 5.41) is 5.10. The second-order valence-corrected chi connectivity index (χ2v) is 7.84. The zero-order valence-electron chi connectivity index (χ0n) is 16.4. The molecule has 5 nitrogen and oxygen atoms in total. The number of aryl methyl sites for hydroxylation is 1. The summed E-state index contributed by atoms with van der Waals surface area (Å²) in [6.07, 6.45) is 3.81. The predicted molar refractivity (Wildman–Crippen MR) is 114 cm³/mol. The molecule has 0 aliphatic carbocycles. The average molecular weight is 410 g/mol. The third-order valence-electron chi connectivity index (χ3n) is 5.22. The van der Waals surface area contributed by atoms with Crippen LogP contribution in [0.2, 0.25) is 5.02 Å². The van der Waals surface area contributed by atoms with Crippen LogP contribution in [0.4, 0.5) is 0 Å². The summed E-state index contributed by atoms with van der Waals surface area (Å²) in [6, 6.07) is 17.3. The minimum atomic E-state index is -0.00238. The molecular formula is C23H24ClN3O2. The van der Waals surface area contributed by atoms with Gasteiger partial charge in [0, 0.05) is 37.8 Å². The SMILES string of the molecule is Cn1cc(C(=O)N2CCCC(COc3ccccc3)C2)c(-c2ccccc2Cl)n1. The smallest absolute Gasteiger partial charge is 0.257 e. The second kappa shape index (κ2) is 8.70. The van der Waals surface area contributed by atoms with E-state index in [1.165, 1.54) is 0 Å². The molecule has 1 saturated heterocycles. The lowest BCUT2D eigenvalue weighted by atomic mass is 9.98. The summed E-state index contributed by atoms with van der Waals surface area (Å²) in [7, 11) is 1.82. The molecule has 3 aromatic rings. The predicted octanol–water partition coefficient (Wildman–Crippen LogP) is 4.67. The van der Waals surface area contributed by atoms with E-state index >= 15 is 0 Å². The molecule has 1 fully saturated rings. The van der Waals surface area contributed by atoms with Gasteiger partial charge in [0.05, 0.1) is 17.2 Å². The lowest BCUT2D eigenvalue weighted by molar-refractivity contribution is 0.0634. The highest BCUT2D eigenvalue weighted by Gasteiger charge is 2.28. The maximum absolute atomic E-state index is 13.3. The van der Waals surface area contributed by atoms with Crippen molar-refractivity contribution in [2.75, 3.05) is 19.7 Å². The highest BCUT2D eigenvalue weighted by Crippen LogP contribution is 2.30. The highest BCUT2D eigenvalue weighted by atomic mass is 35.5. The molecule has 2 aromatic carbocycles. The van der Waals surface area contributed by atoms with Gasteiger partial charge in [-0.2, -0.15) is 5.10 Å². The fraction of sp³-hybridized carbons (Fsp3) is 0.304. The maximum Gasteiger partial charge on any atom is 0.257 e. The van der Waals surface area contributed by atoms with Crippen LogP contribution in [0.3, 0.4) is 0 Å². The van der Waals surface area contributed by atoms with Crippen molar-refractivity contribution >= 4 is 17.5 Å². The number of benzene rings is 2. The Hall–Kier alpha value is -2.79.